The minimum absolute atomic E-state index is 0.538. The van der Waals surface area contributed by atoms with Crippen molar-refractivity contribution in [2.45, 2.75) is 44.7 Å². The summed E-state index contributed by atoms with van der Waals surface area (Å²) in [6.45, 7) is 5.23. The van der Waals surface area contributed by atoms with Crippen LogP contribution in [0.1, 0.15) is 32.6 Å². The van der Waals surface area contributed by atoms with Crippen LogP contribution in [0.5, 0.6) is 5.75 Å². The molecule has 0 aromatic heterocycles. The van der Waals surface area contributed by atoms with Crippen molar-refractivity contribution in [2.24, 2.45) is 0 Å². The van der Waals surface area contributed by atoms with Crippen molar-refractivity contribution in [2.75, 3.05) is 30.7 Å². The van der Waals surface area contributed by atoms with Crippen LogP contribution in [0.25, 0.3) is 0 Å². The molecule has 3 N–H and O–H groups in total. The summed E-state index contributed by atoms with van der Waals surface area (Å²) in [5.74, 6) is 0.867. The zero-order chi connectivity index (χ0) is 13.9. The molecule has 0 radical (unpaired) electrons. The molecule has 4 nitrogen and oxygen atoms in total. The van der Waals surface area contributed by atoms with E-state index in [1.807, 2.05) is 12.1 Å². The first-order valence-electron chi connectivity index (χ1n) is 7.78. The summed E-state index contributed by atoms with van der Waals surface area (Å²) in [4.78, 5) is 2.61. The molecule has 1 saturated carbocycles. The minimum Gasteiger partial charge on any atom is -0.493 e. The molecule has 2 fully saturated rings. The van der Waals surface area contributed by atoms with Crippen LogP contribution in [0.4, 0.5) is 11.4 Å². The summed E-state index contributed by atoms with van der Waals surface area (Å²) in [6.07, 6.45) is 5.01. The van der Waals surface area contributed by atoms with Gasteiger partial charge in [-0.25, -0.2) is 0 Å². The summed E-state index contributed by atoms with van der Waals surface area (Å²) in [5.41, 5.74) is 7.80. The van der Waals surface area contributed by atoms with E-state index in [1.165, 1.54) is 25.8 Å². The fourth-order valence-corrected chi connectivity index (χ4v) is 2.92. The van der Waals surface area contributed by atoms with Gasteiger partial charge in [0.1, 0.15) is 5.75 Å². The highest BCUT2D eigenvalue weighted by molar-refractivity contribution is 5.59. The van der Waals surface area contributed by atoms with Gasteiger partial charge in [0, 0.05) is 48.7 Å². The van der Waals surface area contributed by atoms with E-state index in [9.17, 15) is 0 Å². The van der Waals surface area contributed by atoms with Gasteiger partial charge < -0.3 is 15.8 Å². The number of benzene rings is 1. The van der Waals surface area contributed by atoms with E-state index in [0.717, 1.165) is 42.7 Å². The fraction of sp³-hybridized carbons (Fsp3) is 0.625. The predicted octanol–water partition coefficient (Wildman–Crippen LogP) is 2.71. The van der Waals surface area contributed by atoms with Gasteiger partial charge in [-0.2, -0.15) is 0 Å². The Morgan fingerprint density at radius 1 is 1.30 bits per heavy atom. The first kappa shape index (κ1) is 13.6. The third-order valence-electron chi connectivity index (χ3n) is 4.06. The second-order valence-corrected chi connectivity index (χ2v) is 6.00. The van der Waals surface area contributed by atoms with Crippen LogP contribution >= 0.6 is 0 Å². The first-order valence-corrected chi connectivity index (χ1v) is 7.78. The van der Waals surface area contributed by atoms with Gasteiger partial charge in [-0.1, -0.05) is 6.92 Å². The molecule has 1 saturated heterocycles. The molecule has 3 rings (SSSR count). The lowest BCUT2D eigenvalue weighted by Gasteiger charge is -2.17. The van der Waals surface area contributed by atoms with E-state index in [0.29, 0.717) is 6.04 Å². The Hall–Kier alpha value is -1.42. The zero-order valence-electron chi connectivity index (χ0n) is 12.3. The Kier molecular flexibility index (Phi) is 4.01. The maximum atomic E-state index is 5.96. The van der Waals surface area contributed by atoms with Crippen molar-refractivity contribution in [1.82, 2.24) is 4.90 Å². The third kappa shape index (κ3) is 3.37. The molecule has 1 heterocycles. The molecule has 110 valence electrons. The second-order valence-electron chi connectivity index (χ2n) is 6.00. The quantitative estimate of drug-likeness (QED) is 0.784. The number of likely N-dealkylation sites (tertiary alicyclic amines) is 1. The van der Waals surface area contributed by atoms with Crippen LogP contribution in [0.2, 0.25) is 0 Å². The van der Waals surface area contributed by atoms with Gasteiger partial charge in [-0.3, -0.25) is 4.90 Å². The molecular formula is C16H25N3O. The van der Waals surface area contributed by atoms with Crippen LogP contribution < -0.4 is 15.8 Å². The minimum atomic E-state index is 0.538. The van der Waals surface area contributed by atoms with Crippen LogP contribution in [0, 0.1) is 0 Å². The summed E-state index contributed by atoms with van der Waals surface area (Å²) in [5, 5.41) is 3.61. The van der Waals surface area contributed by atoms with Crippen LogP contribution in [-0.4, -0.2) is 36.7 Å². The zero-order valence-corrected chi connectivity index (χ0v) is 12.3. The molecule has 0 amide bonds. The predicted molar refractivity (Wildman–Crippen MR) is 83.3 cm³/mol. The van der Waals surface area contributed by atoms with Gasteiger partial charge in [-0.05, 0) is 31.7 Å². The Balaban J connectivity index is 1.60. The van der Waals surface area contributed by atoms with Gasteiger partial charge in [-0.15, -0.1) is 0 Å². The maximum absolute atomic E-state index is 5.96. The monoisotopic (exact) mass is 275 g/mol. The number of nitrogens with one attached hydrogen (secondary N) is 1. The largest absolute Gasteiger partial charge is 0.493 e. The average Bonchev–Trinajstić information content (AvgIpc) is 3.17. The number of hydrogen-bond acceptors (Lipinski definition) is 4. The Morgan fingerprint density at radius 3 is 2.90 bits per heavy atom. The molecule has 1 unspecified atom stereocenters. The average molecular weight is 275 g/mol. The molecule has 1 aliphatic heterocycles. The highest BCUT2D eigenvalue weighted by Gasteiger charge is 2.34. The number of rotatable bonds is 6. The number of nitrogens with two attached hydrogens (primary N) is 1. The molecular weight excluding hydrogens is 250 g/mol. The lowest BCUT2D eigenvalue weighted by Crippen LogP contribution is -2.27. The number of nitrogens with zero attached hydrogens (tertiary/aromatic N) is 1. The summed E-state index contributed by atoms with van der Waals surface area (Å²) in [7, 11) is 0. The van der Waals surface area contributed by atoms with Crippen molar-refractivity contribution in [3.8, 4) is 5.75 Å². The van der Waals surface area contributed by atoms with E-state index in [4.69, 9.17) is 10.5 Å². The molecule has 2 aliphatic rings. The van der Waals surface area contributed by atoms with Crippen molar-refractivity contribution >= 4 is 11.4 Å². The van der Waals surface area contributed by atoms with Gasteiger partial charge in [0.25, 0.3) is 0 Å². The van der Waals surface area contributed by atoms with E-state index < -0.39 is 0 Å². The van der Waals surface area contributed by atoms with E-state index in [2.05, 4.69) is 23.2 Å². The van der Waals surface area contributed by atoms with E-state index in [-0.39, 0.29) is 0 Å². The lowest BCUT2D eigenvalue weighted by atomic mass is 10.2. The number of ether oxygens (including phenoxy) is 1. The van der Waals surface area contributed by atoms with Crippen LogP contribution in [-0.2, 0) is 0 Å². The first-order chi connectivity index (χ1) is 9.74. The Bertz CT molecular complexity index is 459. The smallest absolute Gasteiger partial charge is 0.123 e. The van der Waals surface area contributed by atoms with Crippen molar-refractivity contribution in [3.05, 3.63) is 18.2 Å². The number of hydrogen-bond donors (Lipinski definition) is 2. The van der Waals surface area contributed by atoms with Gasteiger partial charge >= 0.3 is 0 Å². The third-order valence-corrected chi connectivity index (χ3v) is 4.06. The highest BCUT2D eigenvalue weighted by atomic mass is 16.5. The summed E-state index contributed by atoms with van der Waals surface area (Å²) >= 11 is 0. The van der Waals surface area contributed by atoms with Gasteiger partial charge in [0.15, 0.2) is 0 Å². The molecule has 4 heteroatoms. The number of nitrogen functional groups attached to an aromatic ring is 1. The molecule has 1 aliphatic carbocycles. The molecule has 0 spiro atoms. The SMILES string of the molecule is CCCOc1cc(N)cc(NC2CCN(C3CC3)C2)c1. The van der Waals surface area contributed by atoms with Gasteiger partial charge in [0.05, 0.1) is 6.61 Å². The lowest BCUT2D eigenvalue weighted by molar-refractivity contribution is 0.317. The standard InChI is InChI=1S/C16H25N3O/c1-2-7-20-16-9-12(17)8-14(10-16)18-13-5-6-19(11-13)15-3-4-15/h8-10,13,15,18H,2-7,11,17H2,1H3. The van der Waals surface area contributed by atoms with Gasteiger partial charge in [0.2, 0.25) is 0 Å². The molecule has 1 aromatic carbocycles. The van der Waals surface area contributed by atoms with E-state index >= 15 is 0 Å². The number of anilines is 2. The van der Waals surface area contributed by atoms with Crippen molar-refractivity contribution in [3.63, 3.8) is 0 Å². The maximum Gasteiger partial charge on any atom is 0.123 e. The van der Waals surface area contributed by atoms with Crippen LogP contribution in [0.15, 0.2) is 18.2 Å². The van der Waals surface area contributed by atoms with Crippen molar-refractivity contribution < 1.29 is 4.74 Å². The van der Waals surface area contributed by atoms with Crippen LogP contribution in [0.3, 0.4) is 0 Å². The highest BCUT2D eigenvalue weighted by Crippen LogP contribution is 2.31. The molecule has 1 aromatic rings. The topological polar surface area (TPSA) is 50.5 Å². The molecule has 1 atom stereocenters. The molecule has 0 bridgehead atoms. The second kappa shape index (κ2) is 5.92. The Labute approximate surface area is 121 Å². The normalized spacial score (nSPS) is 22.9. The fourth-order valence-electron chi connectivity index (χ4n) is 2.92. The summed E-state index contributed by atoms with van der Waals surface area (Å²) < 4.78 is 5.68. The van der Waals surface area contributed by atoms with E-state index in [1.54, 1.807) is 0 Å². The Morgan fingerprint density at radius 2 is 2.15 bits per heavy atom. The van der Waals surface area contributed by atoms with Crippen molar-refractivity contribution in [1.29, 1.82) is 0 Å². The summed E-state index contributed by atoms with van der Waals surface area (Å²) in [6, 6.07) is 7.36. The molecule has 20 heavy (non-hydrogen) atoms.